The standard InChI is InChI=1S/C11H12FN3S/c1-15(10-5-3-2-4-9(10)12)11-14-8(6-13)7-16-11/h2-5,7H,6,13H2,1H3. The van der Waals surface area contributed by atoms with Crippen LogP contribution in [0.4, 0.5) is 15.2 Å². The lowest BCUT2D eigenvalue weighted by molar-refractivity contribution is 0.627. The minimum atomic E-state index is -0.255. The summed E-state index contributed by atoms with van der Waals surface area (Å²) in [7, 11) is 1.79. The Morgan fingerprint density at radius 1 is 1.44 bits per heavy atom. The van der Waals surface area contributed by atoms with Gasteiger partial charge in [-0.25, -0.2) is 9.37 Å². The zero-order valence-electron chi connectivity index (χ0n) is 8.85. The molecule has 0 bridgehead atoms. The fourth-order valence-electron chi connectivity index (χ4n) is 1.37. The van der Waals surface area contributed by atoms with Gasteiger partial charge in [-0.2, -0.15) is 0 Å². The van der Waals surface area contributed by atoms with Crippen molar-refractivity contribution >= 4 is 22.2 Å². The second-order valence-electron chi connectivity index (χ2n) is 3.34. The van der Waals surface area contributed by atoms with Crippen molar-refractivity contribution in [2.45, 2.75) is 6.54 Å². The first-order valence-corrected chi connectivity index (χ1v) is 5.73. The number of nitrogens with two attached hydrogens (primary N) is 1. The smallest absolute Gasteiger partial charge is 0.189 e. The maximum Gasteiger partial charge on any atom is 0.189 e. The molecule has 2 aromatic rings. The highest BCUT2D eigenvalue weighted by Crippen LogP contribution is 2.28. The van der Waals surface area contributed by atoms with Crippen molar-refractivity contribution in [1.82, 2.24) is 4.98 Å². The number of benzene rings is 1. The molecule has 5 heteroatoms. The van der Waals surface area contributed by atoms with Crippen molar-refractivity contribution in [3.8, 4) is 0 Å². The van der Waals surface area contributed by atoms with Gasteiger partial charge in [-0.15, -0.1) is 11.3 Å². The summed E-state index contributed by atoms with van der Waals surface area (Å²) in [6.45, 7) is 0.404. The van der Waals surface area contributed by atoms with Crippen LogP contribution in [0.1, 0.15) is 5.69 Å². The van der Waals surface area contributed by atoms with Gasteiger partial charge in [-0.3, -0.25) is 0 Å². The van der Waals surface area contributed by atoms with Crippen molar-refractivity contribution in [2.75, 3.05) is 11.9 Å². The molecule has 0 spiro atoms. The Morgan fingerprint density at radius 2 is 2.19 bits per heavy atom. The first-order chi connectivity index (χ1) is 7.72. The predicted octanol–water partition coefficient (Wildman–Crippen LogP) is 2.51. The normalized spacial score (nSPS) is 10.4. The van der Waals surface area contributed by atoms with E-state index in [2.05, 4.69) is 4.98 Å². The van der Waals surface area contributed by atoms with Gasteiger partial charge in [-0.05, 0) is 12.1 Å². The van der Waals surface area contributed by atoms with E-state index in [4.69, 9.17) is 5.73 Å². The molecule has 0 radical (unpaired) electrons. The van der Waals surface area contributed by atoms with Crippen LogP contribution >= 0.6 is 11.3 Å². The number of hydrogen-bond acceptors (Lipinski definition) is 4. The summed E-state index contributed by atoms with van der Waals surface area (Å²) in [4.78, 5) is 6.02. The Balaban J connectivity index is 2.31. The van der Waals surface area contributed by atoms with Crippen LogP contribution in [0.5, 0.6) is 0 Å². The van der Waals surface area contributed by atoms with Crippen LogP contribution in [-0.2, 0) is 6.54 Å². The van der Waals surface area contributed by atoms with Crippen LogP contribution in [0.25, 0.3) is 0 Å². The summed E-state index contributed by atoms with van der Waals surface area (Å²) >= 11 is 1.45. The molecule has 0 atom stereocenters. The Labute approximate surface area is 97.3 Å². The molecule has 0 fully saturated rings. The molecule has 3 nitrogen and oxygen atoms in total. The molecule has 0 saturated carbocycles. The van der Waals surface area contributed by atoms with Crippen LogP contribution in [-0.4, -0.2) is 12.0 Å². The minimum absolute atomic E-state index is 0.255. The zero-order valence-corrected chi connectivity index (χ0v) is 9.67. The van der Waals surface area contributed by atoms with E-state index in [1.54, 1.807) is 30.1 Å². The predicted molar refractivity (Wildman–Crippen MR) is 64.5 cm³/mol. The second kappa shape index (κ2) is 4.59. The molecular weight excluding hydrogens is 225 g/mol. The molecule has 1 aromatic heterocycles. The van der Waals surface area contributed by atoms with Crippen LogP contribution < -0.4 is 10.6 Å². The number of nitrogens with zero attached hydrogens (tertiary/aromatic N) is 2. The van der Waals surface area contributed by atoms with Gasteiger partial charge in [0.25, 0.3) is 0 Å². The second-order valence-corrected chi connectivity index (χ2v) is 4.17. The molecule has 0 aliphatic rings. The Morgan fingerprint density at radius 3 is 2.81 bits per heavy atom. The minimum Gasteiger partial charge on any atom is -0.325 e. The summed E-state index contributed by atoms with van der Waals surface area (Å²) in [6.07, 6.45) is 0. The van der Waals surface area contributed by atoms with Gasteiger partial charge < -0.3 is 10.6 Å². The maximum atomic E-state index is 13.5. The monoisotopic (exact) mass is 237 g/mol. The highest BCUT2D eigenvalue weighted by atomic mass is 32.1. The van der Waals surface area contributed by atoms with Crippen molar-refractivity contribution in [3.05, 3.63) is 41.2 Å². The number of aromatic nitrogens is 1. The van der Waals surface area contributed by atoms with Gasteiger partial charge in [0.15, 0.2) is 5.13 Å². The third-order valence-corrected chi connectivity index (χ3v) is 3.22. The number of thiazole rings is 1. The third-order valence-electron chi connectivity index (χ3n) is 2.25. The molecule has 2 N–H and O–H groups in total. The highest BCUT2D eigenvalue weighted by Gasteiger charge is 2.11. The SMILES string of the molecule is CN(c1nc(CN)cs1)c1ccccc1F. The topological polar surface area (TPSA) is 42.2 Å². The average molecular weight is 237 g/mol. The fourth-order valence-corrected chi connectivity index (χ4v) is 2.19. The van der Waals surface area contributed by atoms with E-state index in [1.165, 1.54) is 17.4 Å². The van der Waals surface area contributed by atoms with Gasteiger partial charge in [0, 0.05) is 19.0 Å². The summed E-state index contributed by atoms with van der Waals surface area (Å²) in [5.74, 6) is -0.255. The van der Waals surface area contributed by atoms with E-state index in [1.807, 2.05) is 5.38 Å². The zero-order chi connectivity index (χ0) is 11.5. The van der Waals surface area contributed by atoms with E-state index in [0.29, 0.717) is 12.2 Å². The van der Waals surface area contributed by atoms with Gasteiger partial charge in [0.2, 0.25) is 0 Å². The van der Waals surface area contributed by atoms with Crippen molar-refractivity contribution in [1.29, 1.82) is 0 Å². The number of hydrogen-bond donors (Lipinski definition) is 1. The third kappa shape index (κ3) is 2.05. The van der Waals surface area contributed by atoms with Crippen LogP contribution in [0.3, 0.4) is 0 Å². The lowest BCUT2D eigenvalue weighted by atomic mass is 10.3. The van der Waals surface area contributed by atoms with E-state index < -0.39 is 0 Å². The van der Waals surface area contributed by atoms with Crippen molar-refractivity contribution < 1.29 is 4.39 Å². The lowest BCUT2D eigenvalue weighted by Crippen LogP contribution is -2.11. The van der Waals surface area contributed by atoms with Gasteiger partial charge in [0.1, 0.15) is 5.82 Å². The van der Waals surface area contributed by atoms with Gasteiger partial charge >= 0.3 is 0 Å². The number of para-hydroxylation sites is 1. The largest absolute Gasteiger partial charge is 0.325 e. The van der Waals surface area contributed by atoms with Crippen LogP contribution in [0, 0.1) is 5.82 Å². The molecule has 0 amide bonds. The van der Waals surface area contributed by atoms with E-state index >= 15 is 0 Å². The van der Waals surface area contributed by atoms with Crippen molar-refractivity contribution in [2.24, 2.45) is 5.73 Å². The maximum absolute atomic E-state index is 13.5. The van der Waals surface area contributed by atoms with E-state index in [9.17, 15) is 4.39 Å². The van der Waals surface area contributed by atoms with Gasteiger partial charge in [0.05, 0.1) is 11.4 Å². The summed E-state index contributed by atoms with van der Waals surface area (Å²) in [5.41, 5.74) is 6.82. The molecule has 84 valence electrons. The van der Waals surface area contributed by atoms with E-state index in [-0.39, 0.29) is 5.82 Å². The lowest BCUT2D eigenvalue weighted by Gasteiger charge is -2.16. The molecule has 0 unspecified atom stereocenters. The first-order valence-electron chi connectivity index (χ1n) is 4.85. The number of rotatable bonds is 3. The molecule has 0 aliphatic heterocycles. The molecule has 0 saturated heterocycles. The molecule has 16 heavy (non-hydrogen) atoms. The molecule has 2 rings (SSSR count). The molecular formula is C11H12FN3S. The summed E-state index contributed by atoms with van der Waals surface area (Å²) < 4.78 is 13.5. The Kier molecular flexibility index (Phi) is 3.17. The van der Waals surface area contributed by atoms with Crippen LogP contribution in [0.2, 0.25) is 0 Å². The molecule has 1 heterocycles. The Hall–Kier alpha value is -1.46. The van der Waals surface area contributed by atoms with Gasteiger partial charge in [-0.1, -0.05) is 12.1 Å². The Bertz CT molecular complexity index is 484. The fraction of sp³-hybridized carbons (Fsp3) is 0.182. The number of anilines is 2. The summed E-state index contributed by atoms with van der Waals surface area (Å²) in [6, 6.07) is 6.62. The number of halogens is 1. The first kappa shape index (κ1) is 11.0. The highest BCUT2D eigenvalue weighted by molar-refractivity contribution is 7.13. The van der Waals surface area contributed by atoms with E-state index in [0.717, 1.165) is 10.8 Å². The average Bonchev–Trinajstić information content (AvgIpc) is 2.77. The molecule has 1 aromatic carbocycles. The summed E-state index contributed by atoms with van der Waals surface area (Å²) in [5, 5.41) is 2.62. The van der Waals surface area contributed by atoms with Crippen LogP contribution in [0.15, 0.2) is 29.6 Å². The van der Waals surface area contributed by atoms with Crippen molar-refractivity contribution in [3.63, 3.8) is 0 Å². The quantitative estimate of drug-likeness (QED) is 0.891. The molecule has 0 aliphatic carbocycles.